The summed E-state index contributed by atoms with van der Waals surface area (Å²) in [4.78, 5) is 0. The highest BCUT2D eigenvalue weighted by molar-refractivity contribution is 7.80. The van der Waals surface area contributed by atoms with Crippen molar-refractivity contribution in [2.45, 2.75) is 0 Å². The molecule has 1 N–H and O–H groups in total. The molecule has 0 aliphatic rings. The summed E-state index contributed by atoms with van der Waals surface area (Å²) >= 11 is 0. The molecule has 0 heterocycles. The van der Waals surface area contributed by atoms with Crippen molar-refractivity contribution in [3.05, 3.63) is 66.7 Å². The maximum absolute atomic E-state index is 8.60. The molecular formula is C22H24ClO8P. The molecule has 3 rings (SSSR count). The van der Waals surface area contributed by atoms with Gasteiger partial charge in [0.15, 0.2) is 0 Å². The fourth-order valence-corrected chi connectivity index (χ4v) is 5.81. The lowest BCUT2D eigenvalue weighted by molar-refractivity contribution is -1.92. The molecule has 0 fully saturated rings. The van der Waals surface area contributed by atoms with Crippen molar-refractivity contribution in [3.8, 4) is 23.0 Å². The largest absolute Gasteiger partial charge is 0.496 e. The number of ether oxygens (including phenoxy) is 4. The van der Waals surface area contributed by atoms with Gasteiger partial charge < -0.3 is 18.9 Å². The van der Waals surface area contributed by atoms with Crippen molar-refractivity contribution in [2.24, 2.45) is 0 Å². The minimum absolute atomic E-state index is 0.775. The molecule has 0 aromatic heterocycles. The zero-order valence-electron chi connectivity index (χ0n) is 18.0. The van der Waals surface area contributed by atoms with E-state index in [9.17, 15) is 0 Å². The van der Waals surface area contributed by atoms with E-state index in [1.54, 1.807) is 28.4 Å². The molecule has 8 nitrogen and oxygen atoms in total. The Morgan fingerprint density at radius 2 is 0.906 bits per heavy atom. The van der Waals surface area contributed by atoms with Gasteiger partial charge in [-0.05, 0) is 29.6 Å². The van der Waals surface area contributed by atoms with Gasteiger partial charge >= 0.3 is 0 Å². The Balaban J connectivity index is 0.000000654. The van der Waals surface area contributed by atoms with Gasteiger partial charge in [0.25, 0.3) is 0 Å². The number of rotatable bonds is 7. The highest BCUT2D eigenvalue weighted by atomic mass is 35.7. The summed E-state index contributed by atoms with van der Waals surface area (Å²) in [7, 11) is 0.960. The Hall–Kier alpha value is -2.58. The summed E-state index contributed by atoms with van der Waals surface area (Å²) in [5, 5.41) is 3.14. The Labute approximate surface area is 190 Å². The van der Waals surface area contributed by atoms with Crippen LogP contribution in [0.2, 0.25) is 0 Å². The molecule has 3 aromatic carbocycles. The minimum Gasteiger partial charge on any atom is -0.496 e. The van der Waals surface area contributed by atoms with E-state index in [0.717, 1.165) is 38.9 Å². The van der Waals surface area contributed by atoms with Crippen LogP contribution in [0.3, 0.4) is 0 Å². The first-order valence-electron chi connectivity index (χ1n) is 9.15. The summed E-state index contributed by atoms with van der Waals surface area (Å²) in [6.45, 7) is 0. The van der Waals surface area contributed by atoms with Crippen LogP contribution >= 0.6 is 7.92 Å². The molecule has 0 aliphatic carbocycles. The first-order valence-corrected chi connectivity index (χ1v) is 11.8. The Kier molecular flexibility index (Phi) is 9.53. The molecule has 0 atom stereocenters. The Morgan fingerprint density at radius 3 is 1.19 bits per heavy atom. The molecule has 172 valence electrons. The van der Waals surface area contributed by atoms with E-state index in [-0.39, 0.29) is 0 Å². The fourth-order valence-electron chi connectivity index (χ4n) is 3.05. The second kappa shape index (κ2) is 11.9. The van der Waals surface area contributed by atoms with Gasteiger partial charge in [0.05, 0.1) is 54.0 Å². The van der Waals surface area contributed by atoms with Crippen molar-refractivity contribution >= 4 is 23.8 Å². The van der Waals surface area contributed by atoms with Crippen molar-refractivity contribution in [1.29, 1.82) is 0 Å². The van der Waals surface area contributed by atoms with Crippen molar-refractivity contribution in [2.75, 3.05) is 28.4 Å². The molecule has 0 aliphatic heterocycles. The fraction of sp³-hybridized carbons (Fsp3) is 0.182. The molecule has 0 radical (unpaired) electrons. The SMILES string of the molecule is COc1cccc(OC)c1P(c1ccccc1)c1c(OC)cccc1OC.[O-][Cl+3]([O-])([O-])O. The third-order valence-electron chi connectivity index (χ3n) is 4.27. The number of benzene rings is 3. The molecule has 0 saturated carbocycles. The molecule has 3 aromatic rings. The lowest BCUT2D eigenvalue weighted by Crippen LogP contribution is -2.58. The van der Waals surface area contributed by atoms with E-state index in [1.165, 1.54) is 0 Å². The van der Waals surface area contributed by atoms with Crippen molar-refractivity contribution < 1.29 is 47.8 Å². The van der Waals surface area contributed by atoms with E-state index in [2.05, 4.69) is 12.1 Å². The second-order valence-electron chi connectivity index (χ2n) is 6.09. The molecule has 32 heavy (non-hydrogen) atoms. The average Bonchev–Trinajstić information content (AvgIpc) is 2.79. The van der Waals surface area contributed by atoms with Crippen LogP contribution in [0.1, 0.15) is 0 Å². The first kappa shape index (κ1) is 25.7. The number of halogens is 1. The van der Waals surface area contributed by atoms with E-state index in [0.29, 0.717) is 0 Å². The monoisotopic (exact) mass is 482 g/mol. The Morgan fingerprint density at radius 1 is 0.594 bits per heavy atom. The molecule has 0 saturated heterocycles. The zero-order valence-corrected chi connectivity index (χ0v) is 19.6. The van der Waals surface area contributed by atoms with Crippen LogP contribution in [-0.2, 0) is 0 Å². The van der Waals surface area contributed by atoms with Crippen LogP contribution in [0, 0.1) is 10.2 Å². The lowest BCUT2D eigenvalue weighted by atomic mass is 10.3. The van der Waals surface area contributed by atoms with Gasteiger partial charge in [0, 0.05) is 7.92 Å². The molecule has 0 amide bonds. The van der Waals surface area contributed by atoms with Crippen LogP contribution in [0.5, 0.6) is 23.0 Å². The van der Waals surface area contributed by atoms with Gasteiger partial charge in [0.1, 0.15) is 23.0 Å². The predicted molar refractivity (Wildman–Crippen MR) is 114 cm³/mol. The summed E-state index contributed by atoms with van der Waals surface area (Å²) in [5.41, 5.74) is 0. The van der Waals surface area contributed by atoms with E-state index >= 15 is 0 Å². The van der Waals surface area contributed by atoms with Gasteiger partial charge in [-0.25, -0.2) is 0 Å². The molecule has 0 bridgehead atoms. The highest BCUT2D eigenvalue weighted by Crippen LogP contribution is 2.45. The molecule has 0 unspecified atom stereocenters. The van der Waals surface area contributed by atoms with E-state index in [4.69, 9.17) is 37.6 Å². The number of hydrogen-bond donors (Lipinski definition) is 1. The van der Waals surface area contributed by atoms with Gasteiger partial charge in [-0.3, -0.25) is 0 Å². The minimum atomic E-state index is -4.69. The molecule has 0 spiro atoms. The summed E-state index contributed by atoms with van der Waals surface area (Å²) in [5.74, 6) is 3.10. The third kappa shape index (κ3) is 6.71. The van der Waals surface area contributed by atoms with Gasteiger partial charge in [-0.2, -0.15) is 14.0 Å². The normalized spacial score (nSPS) is 10.8. The first-order chi connectivity index (χ1) is 15.2. The number of methoxy groups -OCH3 is 4. The van der Waals surface area contributed by atoms with Crippen molar-refractivity contribution in [3.63, 3.8) is 0 Å². The summed E-state index contributed by atoms with van der Waals surface area (Å²) in [6.07, 6.45) is 0. The maximum atomic E-state index is 8.60. The Bertz CT molecular complexity index is 889. The molecule has 10 heteroatoms. The highest BCUT2D eigenvalue weighted by Gasteiger charge is 2.29. The van der Waals surface area contributed by atoms with Crippen LogP contribution < -0.4 is 48.8 Å². The van der Waals surface area contributed by atoms with Crippen LogP contribution in [0.4, 0.5) is 0 Å². The summed E-state index contributed by atoms with van der Waals surface area (Å²) < 4.78 is 55.6. The average molecular weight is 483 g/mol. The maximum Gasteiger partial charge on any atom is 0.130 e. The van der Waals surface area contributed by atoms with E-state index in [1.807, 2.05) is 54.6 Å². The van der Waals surface area contributed by atoms with Gasteiger partial charge in [-0.15, -0.1) is 0 Å². The predicted octanol–water partition coefficient (Wildman–Crippen LogP) is -0.645. The van der Waals surface area contributed by atoms with Crippen LogP contribution in [0.15, 0.2) is 66.7 Å². The van der Waals surface area contributed by atoms with Crippen LogP contribution in [-0.4, -0.2) is 33.1 Å². The van der Waals surface area contributed by atoms with E-state index < -0.39 is 18.2 Å². The standard InChI is InChI=1S/C22H23O4P.ClHO4/c1-23-17-12-8-13-18(24-2)21(17)27(16-10-6-5-7-11-16)22-19(25-3)14-9-15-20(22)26-4;2-1(3,4)5/h5-15H,1-4H3;(H,2,3,4,5). The van der Waals surface area contributed by atoms with Gasteiger partial charge in [-0.1, -0.05) is 42.5 Å². The number of hydrogen-bond acceptors (Lipinski definition) is 8. The third-order valence-corrected chi connectivity index (χ3v) is 6.86. The van der Waals surface area contributed by atoms with Crippen LogP contribution in [0.25, 0.3) is 0 Å². The second-order valence-corrected chi connectivity index (χ2v) is 8.96. The topological polar surface area (TPSA) is 126 Å². The summed E-state index contributed by atoms with van der Waals surface area (Å²) in [6, 6.07) is 22.0. The van der Waals surface area contributed by atoms with Crippen molar-refractivity contribution in [1.82, 2.24) is 0 Å². The van der Waals surface area contributed by atoms with Gasteiger partial charge in [0.2, 0.25) is 0 Å². The quantitative estimate of drug-likeness (QED) is 0.440. The zero-order chi connectivity index (χ0) is 23.7. The smallest absolute Gasteiger partial charge is 0.130 e. The molecular weight excluding hydrogens is 459 g/mol. The lowest BCUT2D eigenvalue weighted by Gasteiger charge is -2.26.